The van der Waals surface area contributed by atoms with Crippen LogP contribution in [0.4, 0.5) is 0 Å². The second-order valence-corrected chi connectivity index (χ2v) is 7.60. The maximum atomic E-state index is 12.1. The lowest BCUT2D eigenvalue weighted by atomic mass is 10.2. The number of nitrogens with one attached hydrogen (secondary N) is 1. The topological polar surface area (TPSA) is 61.8 Å². The van der Waals surface area contributed by atoms with Gasteiger partial charge in [0.1, 0.15) is 0 Å². The number of likely N-dealkylation sites (tertiary alicyclic amines) is 1. The average Bonchev–Trinajstić information content (AvgIpc) is 2.79. The van der Waals surface area contributed by atoms with Crippen LogP contribution in [-0.2, 0) is 9.53 Å². The number of β-amino-alcohol motifs (C(OH)–C–C–N with tert-alkyl or cyclic N) is 1. The second-order valence-electron chi connectivity index (χ2n) is 4.90. The highest BCUT2D eigenvalue weighted by Gasteiger charge is 2.33. The molecule has 7 heteroatoms. The van der Waals surface area contributed by atoms with Crippen molar-refractivity contribution in [1.29, 1.82) is 0 Å². The van der Waals surface area contributed by atoms with Gasteiger partial charge in [-0.05, 0) is 19.9 Å². The third-order valence-electron chi connectivity index (χ3n) is 3.21. The van der Waals surface area contributed by atoms with Gasteiger partial charge in [0.05, 0.1) is 18.8 Å². The van der Waals surface area contributed by atoms with Crippen LogP contribution in [0, 0.1) is 0 Å². The van der Waals surface area contributed by atoms with Crippen molar-refractivity contribution >= 4 is 27.5 Å². The molecule has 0 aliphatic carbocycles. The normalized spacial score (nSPS) is 22.4. The fraction of sp³-hybridized carbons (Fsp3) is 0.923. The summed E-state index contributed by atoms with van der Waals surface area (Å²) in [6.07, 6.45) is 1.69. The maximum absolute atomic E-state index is 12.1. The molecule has 1 aliphatic heterocycles. The highest BCUT2D eigenvalue weighted by Crippen LogP contribution is 2.23. The third-order valence-corrected chi connectivity index (χ3v) is 5.70. The van der Waals surface area contributed by atoms with Crippen LogP contribution in [0.5, 0.6) is 0 Å². The van der Waals surface area contributed by atoms with Crippen LogP contribution in [0.3, 0.4) is 0 Å². The van der Waals surface area contributed by atoms with Crippen molar-refractivity contribution in [3.8, 4) is 0 Å². The lowest BCUT2D eigenvalue weighted by Crippen LogP contribution is -2.38. The van der Waals surface area contributed by atoms with E-state index in [2.05, 4.69) is 5.32 Å². The molecular weight excluding hydrogens is 296 g/mol. The first-order valence-electron chi connectivity index (χ1n) is 7.04. The molecule has 0 spiro atoms. The van der Waals surface area contributed by atoms with Gasteiger partial charge in [-0.2, -0.15) is 0 Å². The standard InChI is InChI=1S/C13H26N2O3S2/c1-14-5-7-20-19-6-3-4-13(17)15-9-12(16)8-11(15)10-18-2/h11-12,14,16H,3-10H2,1-2H3/t11-,12+/m0/s1. The zero-order valence-electron chi connectivity index (χ0n) is 12.3. The zero-order chi connectivity index (χ0) is 14.8. The molecule has 2 N–H and O–H groups in total. The summed E-state index contributed by atoms with van der Waals surface area (Å²) in [5.74, 6) is 2.22. The molecule has 1 rings (SSSR count). The molecule has 0 radical (unpaired) electrons. The Morgan fingerprint density at radius 1 is 1.45 bits per heavy atom. The monoisotopic (exact) mass is 322 g/mol. The fourth-order valence-electron chi connectivity index (χ4n) is 2.24. The highest BCUT2D eigenvalue weighted by atomic mass is 33.1. The van der Waals surface area contributed by atoms with E-state index in [1.807, 2.05) is 28.6 Å². The number of carbonyl (C=O) groups is 1. The Bertz CT molecular complexity index is 282. The lowest BCUT2D eigenvalue weighted by Gasteiger charge is -2.23. The summed E-state index contributed by atoms with van der Waals surface area (Å²) in [6.45, 7) is 1.98. The molecule has 1 aliphatic rings. The van der Waals surface area contributed by atoms with E-state index in [1.165, 1.54) is 0 Å². The van der Waals surface area contributed by atoms with E-state index in [0.717, 1.165) is 24.5 Å². The van der Waals surface area contributed by atoms with Crippen LogP contribution < -0.4 is 5.32 Å². The minimum absolute atomic E-state index is 0.0418. The Hall–Kier alpha value is 0.0500. The Kier molecular flexibility index (Phi) is 9.71. The highest BCUT2D eigenvalue weighted by molar-refractivity contribution is 8.76. The van der Waals surface area contributed by atoms with E-state index in [1.54, 1.807) is 12.0 Å². The van der Waals surface area contributed by atoms with E-state index >= 15 is 0 Å². The van der Waals surface area contributed by atoms with Gasteiger partial charge < -0.3 is 20.1 Å². The molecule has 0 bridgehead atoms. The Morgan fingerprint density at radius 2 is 2.20 bits per heavy atom. The number of rotatable bonds is 10. The fourth-order valence-corrected chi connectivity index (χ4v) is 4.33. The summed E-state index contributed by atoms with van der Waals surface area (Å²) in [4.78, 5) is 13.9. The number of amides is 1. The van der Waals surface area contributed by atoms with Gasteiger partial charge in [-0.1, -0.05) is 21.6 Å². The molecule has 1 amide bonds. The van der Waals surface area contributed by atoms with E-state index in [4.69, 9.17) is 4.74 Å². The maximum Gasteiger partial charge on any atom is 0.223 e. The summed E-state index contributed by atoms with van der Waals surface area (Å²) in [5.41, 5.74) is 0. The molecule has 0 aromatic carbocycles. The molecule has 1 fully saturated rings. The molecule has 0 unspecified atom stereocenters. The van der Waals surface area contributed by atoms with Crippen molar-refractivity contribution in [2.75, 3.05) is 45.4 Å². The zero-order valence-corrected chi connectivity index (χ0v) is 14.0. The van der Waals surface area contributed by atoms with Crippen LogP contribution >= 0.6 is 21.6 Å². The van der Waals surface area contributed by atoms with Gasteiger partial charge >= 0.3 is 0 Å². The van der Waals surface area contributed by atoms with Crippen LogP contribution in [0.1, 0.15) is 19.3 Å². The molecule has 20 heavy (non-hydrogen) atoms. The Balaban J connectivity index is 2.15. The van der Waals surface area contributed by atoms with Gasteiger partial charge in [-0.3, -0.25) is 4.79 Å². The predicted octanol–water partition coefficient (Wildman–Crippen LogP) is 0.976. The minimum Gasteiger partial charge on any atom is -0.391 e. The van der Waals surface area contributed by atoms with Crippen molar-refractivity contribution in [3.63, 3.8) is 0 Å². The molecule has 1 heterocycles. The first kappa shape index (κ1) is 18.1. The smallest absolute Gasteiger partial charge is 0.223 e. The first-order chi connectivity index (χ1) is 9.69. The molecular formula is C13H26N2O3S2. The summed E-state index contributed by atoms with van der Waals surface area (Å²) in [5, 5.41) is 12.8. The van der Waals surface area contributed by atoms with E-state index in [9.17, 15) is 9.90 Å². The quantitative estimate of drug-likeness (QED) is 0.462. The van der Waals surface area contributed by atoms with Crippen LogP contribution in [0.15, 0.2) is 0 Å². The number of carbonyl (C=O) groups excluding carboxylic acids is 1. The molecule has 2 atom stereocenters. The molecule has 0 aromatic rings. The van der Waals surface area contributed by atoms with E-state index in [0.29, 0.717) is 26.0 Å². The van der Waals surface area contributed by atoms with Gasteiger partial charge in [0.25, 0.3) is 0 Å². The summed E-state index contributed by atoms with van der Waals surface area (Å²) in [7, 11) is 7.24. The molecule has 0 aromatic heterocycles. The van der Waals surface area contributed by atoms with Crippen LogP contribution in [0.25, 0.3) is 0 Å². The minimum atomic E-state index is -0.398. The summed E-state index contributed by atoms with van der Waals surface area (Å²) >= 11 is 0. The lowest BCUT2D eigenvalue weighted by molar-refractivity contribution is -0.133. The number of aliphatic hydroxyl groups is 1. The van der Waals surface area contributed by atoms with Crippen molar-refractivity contribution < 1.29 is 14.6 Å². The second kappa shape index (κ2) is 10.7. The van der Waals surface area contributed by atoms with Crippen molar-refractivity contribution in [3.05, 3.63) is 0 Å². The number of ether oxygens (including phenoxy) is 1. The van der Waals surface area contributed by atoms with Gasteiger partial charge in [-0.25, -0.2) is 0 Å². The van der Waals surface area contributed by atoms with Gasteiger partial charge in [0.2, 0.25) is 5.91 Å². The molecule has 0 saturated carbocycles. The molecule has 118 valence electrons. The van der Waals surface area contributed by atoms with Crippen LogP contribution in [-0.4, -0.2) is 73.4 Å². The average molecular weight is 322 g/mol. The van der Waals surface area contributed by atoms with Crippen molar-refractivity contribution in [2.45, 2.75) is 31.4 Å². The SMILES string of the molecule is CNCCSSCCCC(=O)N1C[C@H](O)C[C@H]1COC. The van der Waals surface area contributed by atoms with Crippen LogP contribution in [0.2, 0.25) is 0 Å². The Labute approximate surface area is 129 Å². The first-order valence-corrected chi connectivity index (χ1v) is 9.53. The Morgan fingerprint density at radius 3 is 2.90 bits per heavy atom. The number of nitrogens with zero attached hydrogens (tertiary/aromatic N) is 1. The molecule has 5 nitrogen and oxygen atoms in total. The number of aliphatic hydroxyl groups excluding tert-OH is 1. The van der Waals surface area contributed by atoms with Gasteiger partial charge in [0, 0.05) is 38.1 Å². The van der Waals surface area contributed by atoms with Gasteiger partial charge in [0.15, 0.2) is 0 Å². The molecule has 1 saturated heterocycles. The van der Waals surface area contributed by atoms with E-state index in [-0.39, 0.29) is 11.9 Å². The van der Waals surface area contributed by atoms with Gasteiger partial charge in [-0.15, -0.1) is 0 Å². The van der Waals surface area contributed by atoms with Crippen molar-refractivity contribution in [2.24, 2.45) is 0 Å². The predicted molar refractivity (Wildman–Crippen MR) is 86.1 cm³/mol. The number of hydrogen-bond donors (Lipinski definition) is 2. The number of hydrogen-bond acceptors (Lipinski definition) is 6. The van der Waals surface area contributed by atoms with Crippen molar-refractivity contribution in [1.82, 2.24) is 10.2 Å². The van der Waals surface area contributed by atoms with E-state index < -0.39 is 6.10 Å². The largest absolute Gasteiger partial charge is 0.391 e. The summed E-state index contributed by atoms with van der Waals surface area (Å²) in [6, 6.07) is 0.0418. The summed E-state index contributed by atoms with van der Waals surface area (Å²) < 4.78 is 5.12. The third kappa shape index (κ3) is 6.67. The number of methoxy groups -OCH3 is 1.